The van der Waals surface area contributed by atoms with Crippen LogP contribution in [0.4, 0.5) is 0 Å². The molecule has 2 amide bonds. The fraction of sp³-hybridized carbons (Fsp3) is 0.750. The Labute approximate surface area is 141 Å². The summed E-state index contributed by atoms with van der Waals surface area (Å²) < 4.78 is 4.98. The van der Waals surface area contributed by atoms with Crippen molar-refractivity contribution in [3.63, 3.8) is 0 Å². The van der Waals surface area contributed by atoms with Crippen LogP contribution in [-0.4, -0.2) is 75.4 Å². The minimum atomic E-state index is -0.00859. The van der Waals surface area contributed by atoms with E-state index in [0.29, 0.717) is 37.4 Å². The van der Waals surface area contributed by atoms with Gasteiger partial charge in [0.05, 0.1) is 13.1 Å². The molecular formula is C16H25N5O3. The Balaban J connectivity index is 1.55. The van der Waals surface area contributed by atoms with Crippen molar-refractivity contribution < 1.29 is 14.1 Å². The molecule has 2 heterocycles. The summed E-state index contributed by atoms with van der Waals surface area (Å²) in [5.74, 6) is 1.17. The molecule has 3 rings (SSSR count). The molecule has 8 heteroatoms. The maximum atomic E-state index is 12.3. The fourth-order valence-corrected chi connectivity index (χ4v) is 3.23. The van der Waals surface area contributed by atoms with E-state index in [-0.39, 0.29) is 17.9 Å². The van der Waals surface area contributed by atoms with Crippen LogP contribution in [0.2, 0.25) is 0 Å². The van der Waals surface area contributed by atoms with E-state index < -0.39 is 0 Å². The smallest absolute Gasteiger partial charge is 0.236 e. The molecule has 1 aromatic rings. The van der Waals surface area contributed by atoms with E-state index in [1.807, 2.05) is 11.9 Å². The molecule has 0 spiro atoms. The number of amides is 2. The molecule has 132 valence electrons. The number of hydrogen-bond donors (Lipinski definition) is 0. The van der Waals surface area contributed by atoms with Crippen molar-refractivity contribution in [2.45, 2.75) is 51.7 Å². The van der Waals surface area contributed by atoms with Crippen LogP contribution < -0.4 is 0 Å². The Morgan fingerprint density at radius 2 is 2.04 bits per heavy atom. The van der Waals surface area contributed by atoms with E-state index in [2.05, 4.69) is 15.0 Å². The lowest BCUT2D eigenvalue weighted by Gasteiger charge is -2.27. The van der Waals surface area contributed by atoms with Gasteiger partial charge in [-0.2, -0.15) is 4.98 Å². The van der Waals surface area contributed by atoms with Gasteiger partial charge in [-0.3, -0.25) is 14.5 Å². The summed E-state index contributed by atoms with van der Waals surface area (Å²) in [5.41, 5.74) is 0. The Kier molecular flexibility index (Phi) is 4.84. The third kappa shape index (κ3) is 3.92. The maximum absolute atomic E-state index is 12.3. The molecule has 24 heavy (non-hydrogen) atoms. The van der Waals surface area contributed by atoms with Gasteiger partial charge in [-0.1, -0.05) is 5.16 Å². The molecule has 0 aromatic carbocycles. The average molecular weight is 335 g/mol. The molecule has 0 radical (unpaired) electrons. The number of nitrogens with zero attached hydrogens (tertiary/aromatic N) is 5. The number of hydrogen-bond acceptors (Lipinski definition) is 6. The zero-order valence-electron chi connectivity index (χ0n) is 14.6. The lowest BCUT2D eigenvalue weighted by molar-refractivity contribution is -0.131. The van der Waals surface area contributed by atoms with Gasteiger partial charge in [0.1, 0.15) is 0 Å². The number of likely N-dealkylation sites (N-methyl/N-ethyl adjacent to an activating group) is 1. The van der Waals surface area contributed by atoms with E-state index >= 15 is 0 Å². The van der Waals surface area contributed by atoms with Crippen molar-refractivity contribution in [2.75, 3.05) is 26.7 Å². The van der Waals surface area contributed by atoms with E-state index in [9.17, 15) is 9.59 Å². The topological polar surface area (TPSA) is 82.8 Å². The predicted molar refractivity (Wildman–Crippen MR) is 85.9 cm³/mol. The van der Waals surface area contributed by atoms with Gasteiger partial charge >= 0.3 is 0 Å². The van der Waals surface area contributed by atoms with Gasteiger partial charge in [0, 0.05) is 46.1 Å². The standard InChI is InChI=1S/C16H25N5O3/c1-11-17-15(18-24-11)9-21(12(2)22)14-6-7-20(8-14)10-16(23)19(3)13-4-5-13/h13-14H,4-10H2,1-3H3. The predicted octanol–water partition coefficient (Wildman–Crippen LogP) is 0.422. The SMILES string of the molecule is CC(=O)N(Cc1noc(C)n1)C1CCN(CC(=O)N(C)C2CC2)C1. The van der Waals surface area contributed by atoms with E-state index in [1.54, 1.807) is 18.7 Å². The van der Waals surface area contributed by atoms with Crippen molar-refractivity contribution in [3.8, 4) is 0 Å². The summed E-state index contributed by atoms with van der Waals surface area (Å²) in [5, 5.41) is 3.87. The van der Waals surface area contributed by atoms with Crippen LogP contribution in [0, 0.1) is 6.92 Å². The highest BCUT2D eigenvalue weighted by atomic mass is 16.5. The van der Waals surface area contributed by atoms with Gasteiger partial charge in [-0.05, 0) is 19.3 Å². The first-order valence-electron chi connectivity index (χ1n) is 8.48. The van der Waals surface area contributed by atoms with Crippen LogP contribution in [0.15, 0.2) is 4.52 Å². The number of aryl methyl sites for hydroxylation is 1. The average Bonchev–Trinajstić information content (AvgIpc) is 3.15. The van der Waals surface area contributed by atoms with Crippen LogP contribution in [0.25, 0.3) is 0 Å². The van der Waals surface area contributed by atoms with Crippen molar-refractivity contribution in [1.82, 2.24) is 24.8 Å². The molecule has 2 aliphatic rings. The minimum Gasteiger partial charge on any atom is -0.342 e. The molecule has 1 aliphatic carbocycles. The molecule has 8 nitrogen and oxygen atoms in total. The lowest BCUT2D eigenvalue weighted by Crippen LogP contribution is -2.42. The van der Waals surface area contributed by atoms with Gasteiger partial charge in [0.25, 0.3) is 0 Å². The molecule has 1 aromatic heterocycles. The zero-order chi connectivity index (χ0) is 17.3. The van der Waals surface area contributed by atoms with Gasteiger partial charge < -0.3 is 14.3 Å². The highest BCUT2D eigenvalue weighted by molar-refractivity contribution is 5.78. The summed E-state index contributed by atoms with van der Waals surface area (Å²) in [6.45, 7) is 5.60. The van der Waals surface area contributed by atoms with Crippen LogP contribution >= 0.6 is 0 Å². The van der Waals surface area contributed by atoms with Crippen molar-refractivity contribution in [1.29, 1.82) is 0 Å². The molecule has 0 bridgehead atoms. The summed E-state index contributed by atoms with van der Waals surface area (Å²) in [6, 6.07) is 0.520. The number of carbonyl (C=O) groups is 2. The van der Waals surface area contributed by atoms with Crippen LogP contribution in [-0.2, 0) is 16.1 Å². The Hall–Kier alpha value is -1.96. The molecular weight excluding hydrogens is 310 g/mol. The second-order valence-electron chi connectivity index (χ2n) is 6.79. The second kappa shape index (κ2) is 6.88. The Bertz CT molecular complexity index is 613. The molecule has 1 aliphatic heterocycles. The maximum Gasteiger partial charge on any atom is 0.236 e. The third-order valence-corrected chi connectivity index (χ3v) is 4.82. The molecule has 1 saturated carbocycles. The third-order valence-electron chi connectivity index (χ3n) is 4.82. The normalized spacial score (nSPS) is 21.0. The molecule has 2 fully saturated rings. The fourth-order valence-electron chi connectivity index (χ4n) is 3.23. The van der Waals surface area contributed by atoms with Gasteiger partial charge in [-0.25, -0.2) is 0 Å². The van der Waals surface area contributed by atoms with Crippen molar-refractivity contribution in [2.24, 2.45) is 0 Å². The monoisotopic (exact) mass is 335 g/mol. The van der Waals surface area contributed by atoms with Crippen molar-refractivity contribution >= 4 is 11.8 Å². The van der Waals surface area contributed by atoms with Crippen LogP contribution in [0.3, 0.4) is 0 Å². The first-order chi connectivity index (χ1) is 11.4. The first-order valence-corrected chi connectivity index (χ1v) is 8.48. The molecule has 1 saturated heterocycles. The number of carbonyl (C=O) groups excluding carboxylic acids is 2. The molecule has 0 N–H and O–H groups in total. The van der Waals surface area contributed by atoms with Crippen LogP contribution in [0.5, 0.6) is 0 Å². The van der Waals surface area contributed by atoms with Crippen molar-refractivity contribution in [3.05, 3.63) is 11.7 Å². The van der Waals surface area contributed by atoms with Gasteiger partial charge in [0.2, 0.25) is 17.7 Å². The summed E-state index contributed by atoms with van der Waals surface area (Å²) in [6.07, 6.45) is 3.09. The highest BCUT2D eigenvalue weighted by Gasteiger charge is 2.34. The van der Waals surface area contributed by atoms with E-state index in [4.69, 9.17) is 4.52 Å². The minimum absolute atomic E-state index is 0.00859. The van der Waals surface area contributed by atoms with Crippen LogP contribution in [0.1, 0.15) is 37.9 Å². The lowest BCUT2D eigenvalue weighted by atomic mass is 10.2. The number of rotatable bonds is 6. The Morgan fingerprint density at radius 1 is 1.29 bits per heavy atom. The van der Waals surface area contributed by atoms with E-state index in [1.165, 1.54) is 0 Å². The number of likely N-dealkylation sites (tertiary alicyclic amines) is 1. The first kappa shape index (κ1) is 16.9. The summed E-state index contributed by atoms with van der Waals surface area (Å²) >= 11 is 0. The second-order valence-corrected chi connectivity index (χ2v) is 6.79. The quantitative estimate of drug-likeness (QED) is 0.749. The zero-order valence-corrected chi connectivity index (χ0v) is 14.6. The Morgan fingerprint density at radius 3 is 2.62 bits per heavy atom. The highest BCUT2D eigenvalue weighted by Crippen LogP contribution is 2.26. The largest absolute Gasteiger partial charge is 0.342 e. The van der Waals surface area contributed by atoms with E-state index in [0.717, 1.165) is 25.8 Å². The van der Waals surface area contributed by atoms with Gasteiger partial charge in [-0.15, -0.1) is 0 Å². The van der Waals surface area contributed by atoms with Gasteiger partial charge in [0.15, 0.2) is 5.82 Å². The molecule has 1 atom stereocenters. The molecule has 1 unspecified atom stereocenters. The summed E-state index contributed by atoms with van der Waals surface area (Å²) in [4.78, 5) is 34.2. The summed E-state index contributed by atoms with van der Waals surface area (Å²) in [7, 11) is 1.88. The number of aromatic nitrogens is 2.